The fraction of sp³-hybridized carbons (Fsp3) is 0.545. The molecule has 1 saturated heterocycles. The number of carbonyl (C=O) groups is 1. The Kier molecular flexibility index (Phi) is 3.40. The molecule has 4 heteroatoms. The fourth-order valence-electron chi connectivity index (χ4n) is 1.80. The maximum atomic E-state index is 11.6. The summed E-state index contributed by atoms with van der Waals surface area (Å²) in [6.45, 7) is 1.60. The van der Waals surface area contributed by atoms with Gasteiger partial charge in [0.05, 0.1) is 12.3 Å². The molecule has 0 unspecified atom stereocenters. The molecular formula is C11H16N2O2. The molecule has 1 aromatic heterocycles. The molecule has 2 rings (SSSR count). The molecule has 1 atom stereocenters. The lowest BCUT2D eigenvalue weighted by Crippen LogP contribution is -2.41. The molecule has 1 aliphatic heterocycles. The fourth-order valence-corrected chi connectivity index (χ4v) is 1.80. The first kappa shape index (κ1) is 10.2. The van der Waals surface area contributed by atoms with Gasteiger partial charge in [0.2, 0.25) is 5.91 Å². The second kappa shape index (κ2) is 4.98. The number of amides is 1. The number of hydrogen-bond acceptors (Lipinski definition) is 3. The lowest BCUT2D eigenvalue weighted by Gasteiger charge is -2.10. The van der Waals surface area contributed by atoms with Crippen molar-refractivity contribution in [1.82, 2.24) is 10.6 Å². The topological polar surface area (TPSA) is 54.3 Å². The highest BCUT2D eigenvalue weighted by molar-refractivity contribution is 5.81. The third-order valence-electron chi connectivity index (χ3n) is 2.63. The van der Waals surface area contributed by atoms with Crippen LogP contribution < -0.4 is 10.6 Å². The van der Waals surface area contributed by atoms with Gasteiger partial charge in [-0.1, -0.05) is 0 Å². The summed E-state index contributed by atoms with van der Waals surface area (Å²) in [4.78, 5) is 11.6. The van der Waals surface area contributed by atoms with Gasteiger partial charge in [-0.25, -0.2) is 0 Å². The lowest BCUT2D eigenvalue weighted by atomic mass is 10.2. The van der Waals surface area contributed by atoms with E-state index in [-0.39, 0.29) is 11.9 Å². The molecule has 82 valence electrons. The normalized spacial score (nSPS) is 20.4. The van der Waals surface area contributed by atoms with Crippen LogP contribution >= 0.6 is 0 Å². The molecule has 2 heterocycles. The van der Waals surface area contributed by atoms with E-state index in [4.69, 9.17) is 4.42 Å². The zero-order chi connectivity index (χ0) is 10.5. The Bertz CT molecular complexity index is 302. The summed E-state index contributed by atoms with van der Waals surface area (Å²) in [6, 6.07) is 3.79. The Morgan fingerprint density at radius 2 is 2.60 bits per heavy atom. The van der Waals surface area contributed by atoms with Crippen LogP contribution in [0.4, 0.5) is 0 Å². The van der Waals surface area contributed by atoms with Crippen LogP contribution in [0.15, 0.2) is 22.8 Å². The summed E-state index contributed by atoms with van der Waals surface area (Å²) < 4.78 is 5.17. The summed E-state index contributed by atoms with van der Waals surface area (Å²) in [6.07, 6.45) is 4.45. The maximum Gasteiger partial charge on any atom is 0.237 e. The second-order valence-electron chi connectivity index (χ2n) is 3.77. The minimum Gasteiger partial charge on any atom is -0.469 e. The summed E-state index contributed by atoms with van der Waals surface area (Å²) in [5, 5.41) is 6.07. The van der Waals surface area contributed by atoms with E-state index in [1.54, 1.807) is 6.26 Å². The van der Waals surface area contributed by atoms with Gasteiger partial charge in [-0.3, -0.25) is 4.79 Å². The van der Waals surface area contributed by atoms with Crippen LogP contribution in [0.25, 0.3) is 0 Å². The van der Waals surface area contributed by atoms with Crippen molar-refractivity contribution in [3.05, 3.63) is 24.2 Å². The molecule has 1 aromatic rings. The molecule has 0 saturated carbocycles. The van der Waals surface area contributed by atoms with Crippen LogP contribution in [-0.4, -0.2) is 25.0 Å². The average Bonchev–Trinajstić information content (AvgIpc) is 2.90. The van der Waals surface area contributed by atoms with Gasteiger partial charge in [0.25, 0.3) is 0 Å². The van der Waals surface area contributed by atoms with E-state index < -0.39 is 0 Å². The molecular weight excluding hydrogens is 192 g/mol. The highest BCUT2D eigenvalue weighted by atomic mass is 16.3. The number of carbonyl (C=O) groups excluding carboxylic acids is 1. The Balaban J connectivity index is 1.67. The van der Waals surface area contributed by atoms with Gasteiger partial charge >= 0.3 is 0 Å². The van der Waals surface area contributed by atoms with Gasteiger partial charge < -0.3 is 15.1 Å². The minimum atomic E-state index is 0.0154. The molecule has 0 spiro atoms. The van der Waals surface area contributed by atoms with Crippen molar-refractivity contribution in [2.45, 2.75) is 25.3 Å². The lowest BCUT2D eigenvalue weighted by molar-refractivity contribution is -0.122. The first-order valence-electron chi connectivity index (χ1n) is 5.40. The summed E-state index contributed by atoms with van der Waals surface area (Å²) in [5.74, 6) is 1.02. The molecule has 0 aromatic carbocycles. The van der Waals surface area contributed by atoms with E-state index in [1.165, 1.54) is 0 Å². The Morgan fingerprint density at radius 3 is 3.27 bits per heavy atom. The Hall–Kier alpha value is -1.29. The number of nitrogens with one attached hydrogen (secondary N) is 2. The highest BCUT2D eigenvalue weighted by Gasteiger charge is 2.21. The molecule has 0 aliphatic carbocycles. The van der Waals surface area contributed by atoms with E-state index >= 15 is 0 Å². The summed E-state index contributed by atoms with van der Waals surface area (Å²) in [5.41, 5.74) is 0. The Labute approximate surface area is 89.0 Å². The predicted molar refractivity (Wildman–Crippen MR) is 56.4 cm³/mol. The zero-order valence-corrected chi connectivity index (χ0v) is 8.66. The van der Waals surface area contributed by atoms with Gasteiger partial charge in [0, 0.05) is 13.0 Å². The van der Waals surface area contributed by atoms with E-state index in [9.17, 15) is 4.79 Å². The molecule has 1 fully saturated rings. The molecule has 0 bridgehead atoms. The SMILES string of the molecule is O=C(NCCc1ccco1)[C@H]1CCCN1. The van der Waals surface area contributed by atoms with Crippen molar-refractivity contribution < 1.29 is 9.21 Å². The van der Waals surface area contributed by atoms with Crippen molar-refractivity contribution in [3.8, 4) is 0 Å². The largest absolute Gasteiger partial charge is 0.469 e. The van der Waals surface area contributed by atoms with Gasteiger partial charge in [0.1, 0.15) is 5.76 Å². The minimum absolute atomic E-state index is 0.0154. The van der Waals surface area contributed by atoms with Crippen molar-refractivity contribution in [2.24, 2.45) is 0 Å². The molecule has 2 N–H and O–H groups in total. The standard InChI is InChI=1S/C11H16N2O2/c14-11(10-4-1-6-12-10)13-7-5-9-3-2-8-15-9/h2-3,8,10,12H,1,4-7H2,(H,13,14)/t10-/m1/s1. The second-order valence-corrected chi connectivity index (χ2v) is 3.77. The van der Waals surface area contributed by atoms with Crippen LogP contribution in [-0.2, 0) is 11.2 Å². The van der Waals surface area contributed by atoms with Crippen LogP contribution in [0.1, 0.15) is 18.6 Å². The van der Waals surface area contributed by atoms with E-state index in [0.717, 1.165) is 31.6 Å². The van der Waals surface area contributed by atoms with Crippen molar-refractivity contribution in [3.63, 3.8) is 0 Å². The van der Waals surface area contributed by atoms with Gasteiger partial charge in [0.15, 0.2) is 0 Å². The van der Waals surface area contributed by atoms with Crippen molar-refractivity contribution in [2.75, 3.05) is 13.1 Å². The number of hydrogen-bond donors (Lipinski definition) is 2. The third kappa shape index (κ3) is 2.83. The van der Waals surface area contributed by atoms with Crippen LogP contribution in [0.2, 0.25) is 0 Å². The van der Waals surface area contributed by atoms with Crippen molar-refractivity contribution >= 4 is 5.91 Å². The number of furan rings is 1. The van der Waals surface area contributed by atoms with E-state index in [0.29, 0.717) is 6.54 Å². The maximum absolute atomic E-state index is 11.6. The van der Waals surface area contributed by atoms with E-state index in [1.807, 2.05) is 12.1 Å². The smallest absolute Gasteiger partial charge is 0.237 e. The summed E-state index contributed by atoms with van der Waals surface area (Å²) >= 11 is 0. The van der Waals surface area contributed by atoms with Gasteiger partial charge in [-0.2, -0.15) is 0 Å². The zero-order valence-electron chi connectivity index (χ0n) is 8.66. The highest BCUT2D eigenvalue weighted by Crippen LogP contribution is 2.04. The predicted octanol–water partition coefficient (Wildman–Crippen LogP) is 0.690. The molecule has 15 heavy (non-hydrogen) atoms. The first-order valence-corrected chi connectivity index (χ1v) is 5.40. The van der Waals surface area contributed by atoms with E-state index in [2.05, 4.69) is 10.6 Å². The van der Waals surface area contributed by atoms with Crippen LogP contribution in [0.5, 0.6) is 0 Å². The molecule has 1 aliphatic rings. The van der Waals surface area contributed by atoms with Crippen molar-refractivity contribution in [1.29, 1.82) is 0 Å². The summed E-state index contributed by atoms with van der Waals surface area (Å²) in [7, 11) is 0. The molecule has 1 amide bonds. The first-order chi connectivity index (χ1) is 7.36. The van der Waals surface area contributed by atoms with Gasteiger partial charge in [-0.15, -0.1) is 0 Å². The van der Waals surface area contributed by atoms with Crippen LogP contribution in [0, 0.1) is 0 Å². The quantitative estimate of drug-likeness (QED) is 0.765. The number of rotatable bonds is 4. The molecule has 0 radical (unpaired) electrons. The third-order valence-corrected chi connectivity index (χ3v) is 2.63. The average molecular weight is 208 g/mol. The van der Waals surface area contributed by atoms with Gasteiger partial charge in [-0.05, 0) is 31.5 Å². The monoisotopic (exact) mass is 208 g/mol. The Morgan fingerprint density at radius 1 is 1.67 bits per heavy atom. The van der Waals surface area contributed by atoms with Crippen LogP contribution in [0.3, 0.4) is 0 Å². The molecule has 4 nitrogen and oxygen atoms in total.